The minimum atomic E-state index is -0.474. The van der Waals surface area contributed by atoms with Crippen LogP contribution < -0.4 is 0 Å². The van der Waals surface area contributed by atoms with E-state index in [1.54, 1.807) is 29.1 Å². The highest BCUT2D eigenvalue weighted by atomic mass is 32.1. The summed E-state index contributed by atoms with van der Waals surface area (Å²) in [7, 11) is 0. The summed E-state index contributed by atoms with van der Waals surface area (Å²) in [6.45, 7) is 0. The summed E-state index contributed by atoms with van der Waals surface area (Å²) in [6.07, 6.45) is 4.67. The first-order chi connectivity index (χ1) is 8.22. The van der Waals surface area contributed by atoms with E-state index >= 15 is 0 Å². The second kappa shape index (κ2) is 4.65. The van der Waals surface area contributed by atoms with E-state index in [2.05, 4.69) is 27.4 Å². The smallest absolute Gasteiger partial charge is 0.295 e. The van der Waals surface area contributed by atoms with Crippen LogP contribution in [0, 0.1) is 10.1 Å². The molecule has 0 aliphatic carbocycles. The van der Waals surface area contributed by atoms with E-state index in [9.17, 15) is 10.1 Å². The van der Waals surface area contributed by atoms with Crippen molar-refractivity contribution < 1.29 is 4.92 Å². The van der Waals surface area contributed by atoms with Crippen molar-refractivity contribution in [2.75, 3.05) is 0 Å². The van der Waals surface area contributed by atoms with Crippen LogP contribution >= 0.6 is 12.2 Å². The standard InChI is InChI=1S/C10H6N4O2S/c15-14(16)10-5-8(12-7-17)1-2-9(10)13-4-3-11-6-13/h1-6H. The lowest BCUT2D eigenvalue weighted by molar-refractivity contribution is -0.384. The first-order valence-corrected chi connectivity index (χ1v) is 4.98. The zero-order valence-electron chi connectivity index (χ0n) is 8.48. The summed E-state index contributed by atoms with van der Waals surface area (Å²) >= 11 is 4.45. The summed E-state index contributed by atoms with van der Waals surface area (Å²) in [5, 5.41) is 13.1. The molecule has 2 aromatic rings. The summed E-state index contributed by atoms with van der Waals surface area (Å²) in [5.41, 5.74) is 0.765. The SMILES string of the molecule is O=[N+]([O-])c1cc(N=C=S)ccc1-n1ccnc1. The van der Waals surface area contributed by atoms with Crippen LogP contribution in [0.25, 0.3) is 5.69 Å². The summed E-state index contributed by atoms with van der Waals surface area (Å²) in [5.74, 6) is 0. The van der Waals surface area contributed by atoms with Gasteiger partial charge in [-0.25, -0.2) is 4.98 Å². The average Bonchev–Trinajstić information content (AvgIpc) is 2.82. The van der Waals surface area contributed by atoms with Crippen molar-refractivity contribution in [3.63, 3.8) is 0 Å². The van der Waals surface area contributed by atoms with Crippen molar-refractivity contribution in [2.24, 2.45) is 4.99 Å². The largest absolute Gasteiger partial charge is 0.300 e. The molecular weight excluding hydrogens is 240 g/mol. The van der Waals surface area contributed by atoms with Crippen LogP contribution in [0.15, 0.2) is 41.9 Å². The molecule has 0 amide bonds. The topological polar surface area (TPSA) is 73.3 Å². The van der Waals surface area contributed by atoms with Crippen molar-refractivity contribution >= 4 is 28.8 Å². The van der Waals surface area contributed by atoms with E-state index in [4.69, 9.17) is 0 Å². The Labute approximate surface area is 101 Å². The van der Waals surface area contributed by atoms with Gasteiger partial charge in [0, 0.05) is 18.5 Å². The molecule has 0 saturated heterocycles. The van der Waals surface area contributed by atoms with Crippen LogP contribution in [0.5, 0.6) is 0 Å². The number of hydrogen-bond donors (Lipinski definition) is 0. The molecule has 1 aromatic carbocycles. The Morgan fingerprint density at radius 2 is 2.35 bits per heavy atom. The van der Waals surface area contributed by atoms with E-state index < -0.39 is 4.92 Å². The number of nitrogens with zero attached hydrogens (tertiary/aromatic N) is 4. The van der Waals surface area contributed by atoms with E-state index in [0.29, 0.717) is 11.4 Å². The third kappa shape index (κ3) is 2.25. The number of nitro benzene ring substituents is 1. The number of aromatic nitrogens is 2. The highest BCUT2D eigenvalue weighted by Crippen LogP contribution is 2.27. The van der Waals surface area contributed by atoms with Gasteiger partial charge < -0.3 is 4.57 Å². The molecule has 0 fully saturated rings. The summed E-state index contributed by atoms with van der Waals surface area (Å²) in [4.78, 5) is 18.0. The van der Waals surface area contributed by atoms with Gasteiger partial charge in [0.25, 0.3) is 5.69 Å². The maximum atomic E-state index is 11.0. The van der Waals surface area contributed by atoms with Gasteiger partial charge in [0.05, 0.1) is 22.1 Å². The number of nitro groups is 1. The van der Waals surface area contributed by atoms with Crippen LogP contribution in [0.1, 0.15) is 0 Å². The molecule has 0 unspecified atom stereocenters. The first-order valence-electron chi connectivity index (χ1n) is 4.57. The minimum absolute atomic E-state index is 0.0606. The van der Waals surface area contributed by atoms with Crippen LogP contribution in [0.4, 0.5) is 11.4 Å². The maximum Gasteiger partial charge on any atom is 0.295 e. The van der Waals surface area contributed by atoms with Crippen LogP contribution in [-0.2, 0) is 0 Å². The van der Waals surface area contributed by atoms with E-state index in [1.807, 2.05) is 0 Å². The molecule has 17 heavy (non-hydrogen) atoms. The number of benzene rings is 1. The van der Waals surface area contributed by atoms with E-state index in [-0.39, 0.29) is 5.69 Å². The number of aliphatic imine (C=N–C) groups is 1. The Bertz CT molecular complexity index is 603. The number of rotatable bonds is 3. The van der Waals surface area contributed by atoms with Gasteiger partial charge in [0.15, 0.2) is 0 Å². The van der Waals surface area contributed by atoms with Gasteiger partial charge in [-0.2, -0.15) is 4.99 Å². The molecule has 0 N–H and O–H groups in total. The fourth-order valence-corrected chi connectivity index (χ4v) is 1.51. The van der Waals surface area contributed by atoms with Gasteiger partial charge in [-0.15, -0.1) is 0 Å². The predicted octanol–water partition coefficient (Wildman–Crippen LogP) is 2.51. The molecule has 0 aliphatic heterocycles. The molecule has 7 heteroatoms. The fourth-order valence-electron chi connectivity index (χ4n) is 1.40. The quantitative estimate of drug-likeness (QED) is 0.361. The van der Waals surface area contributed by atoms with E-state index in [0.717, 1.165) is 0 Å². The number of isothiocyanates is 1. The first kappa shape index (κ1) is 11.1. The van der Waals surface area contributed by atoms with Gasteiger partial charge in [-0.1, -0.05) is 0 Å². The molecule has 1 heterocycles. The van der Waals surface area contributed by atoms with Crippen LogP contribution in [0.3, 0.4) is 0 Å². The molecule has 0 atom stereocenters. The van der Waals surface area contributed by atoms with Crippen molar-refractivity contribution in [3.8, 4) is 5.69 Å². The van der Waals surface area contributed by atoms with Gasteiger partial charge in [-0.05, 0) is 24.4 Å². The van der Waals surface area contributed by atoms with Crippen molar-refractivity contribution in [2.45, 2.75) is 0 Å². The molecule has 0 spiro atoms. The maximum absolute atomic E-state index is 11.0. The molecule has 0 radical (unpaired) electrons. The molecule has 6 nitrogen and oxygen atoms in total. The zero-order valence-corrected chi connectivity index (χ0v) is 9.29. The molecule has 0 saturated carbocycles. The van der Waals surface area contributed by atoms with Crippen molar-refractivity contribution in [3.05, 3.63) is 47.0 Å². The molecule has 84 valence electrons. The minimum Gasteiger partial charge on any atom is -0.300 e. The molecule has 1 aromatic heterocycles. The lowest BCUT2D eigenvalue weighted by Gasteiger charge is -2.03. The second-order valence-corrected chi connectivity index (χ2v) is 3.29. The molecule has 0 bridgehead atoms. The van der Waals surface area contributed by atoms with Crippen LogP contribution in [0.2, 0.25) is 0 Å². The second-order valence-electron chi connectivity index (χ2n) is 3.10. The van der Waals surface area contributed by atoms with Gasteiger partial charge in [-0.3, -0.25) is 10.1 Å². The Hall–Kier alpha value is -2.37. The third-order valence-electron chi connectivity index (χ3n) is 2.11. The van der Waals surface area contributed by atoms with Gasteiger partial charge >= 0.3 is 0 Å². The molecule has 0 aliphatic rings. The summed E-state index contributed by atoms with van der Waals surface area (Å²) < 4.78 is 1.56. The Balaban J connectivity index is 2.60. The average molecular weight is 246 g/mol. The molecule has 2 rings (SSSR count). The Kier molecular flexibility index (Phi) is 3.04. The number of thiocarbonyl (C=S) groups is 1. The Morgan fingerprint density at radius 3 is 2.94 bits per heavy atom. The highest BCUT2D eigenvalue weighted by molar-refractivity contribution is 7.78. The van der Waals surface area contributed by atoms with Gasteiger partial charge in [0.1, 0.15) is 5.69 Å². The fraction of sp³-hybridized carbons (Fsp3) is 0. The number of hydrogen-bond acceptors (Lipinski definition) is 5. The van der Waals surface area contributed by atoms with Crippen LogP contribution in [-0.4, -0.2) is 19.6 Å². The van der Waals surface area contributed by atoms with Gasteiger partial charge in [0.2, 0.25) is 0 Å². The Morgan fingerprint density at radius 1 is 1.53 bits per heavy atom. The van der Waals surface area contributed by atoms with Crippen molar-refractivity contribution in [1.82, 2.24) is 9.55 Å². The molecular formula is C10H6N4O2S. The predicted molar refractivity (Wildman–Crippen MR) is 64.9 cm³/mol. The highest BCUT2D eigenvalue weighted by Gasteiger charge is 2.15. The number of imidazole rings is 1. The summed E-state index contributed by atoms with van der Waals surface area (Å²) in [6, 6.07) is 4.56. The lowest BCUT2D eigenvalue weighted by atomic mass is 10.2. The normalized spacial score (nSPS) is 9.65. The zero-order chi connectivity index (χ0) is 12.3. The van der Waals surface area contributed by atoms with Crippen molar-refractivity contribution in [1.29, 1.82) is 0 Å². The third-order valence-corrected chi connectivity index (χ3v) is 2.20. The monoisotopic (exact) mass is 246 g/mol. The van der Waals surface area contributed by atoms with E-state index in [1.165, 1.54) is 12.4 Å². The lowest BCUT2D eigenvalue weighted by Crippen LogP contribution is -1.97.